The van der Waals surface area contributed by atoms with Crippen molar-refractivity contribution < 1.29 is 9.59 Å². The van der Waals surface area contributed by atoms with Gasteiger partial charge in [0.05, 0.1) is 0 Å². The van der Waals surface area contributed by atoms with Gasteiger partial charge in [-0.25, -0.2) is 0 Å². The van der Waals surface area contributed by atoms with Crippen LogP contribution in [0.2, 0.25) is 0 Å². The van der Waals surface area contributed by atoms with Gasteiger partial charge in [0.1, 0.15) is 0 Å². The molecule has 0 fully saturated rings. The Bertz CT molecular complexity index is 649. The van der Waals surface area contributed by atoms with Crippen LogP contribution in [0.5, 0.6) is 0 Å². The zero-order chi connectivity index (χ0) is 14.4. The van der Waals surface area contributed by atoms with E-state index in [1.54, 1.807) is 48.8 Å². The number of rotatable bonds is 4. The molecule has 0 unspecified atom stereocenters. The van der Waals surface area contributed by atoms with E-state index in [4.69, 9.17) is 0 Å². The minimum absolute atomic E-state index is 0.0352. The normalized spacial score (nSPS) is 10.4. The van der Waals surface area contributed by atoms with Gasteiger partial charge in [0.25, 0.3) is 0 Å². The Kier molecular flexibility index (Phi) is 4.39. The number of nitrogens with zero attached hydrogens (tertiary/aromatic N) is 1. The Morgan fingerprint density at radius 2 is 2.05 bits per heavy atom. The molecule has 1 N–H and O–H groups in total. The Morgan fingerprint density at radius 3 is 2.75 bits per heavy atom. The summed E-state index contributed by atoms with van der Waals surface area (Å²) >= 11 is 0. The van der Waals surface area contributed by atoms with E-state index in [-0.39, 0.29) is 11.7 Å². The molecule has 1 amide bonds. The second kappa shape index (κ2) is 6.43. The average molecular weight is 266 g/mol. The largest absolute Gasteiger partial charge is 0.322 e. The molecule has 0 saturated carbocycles. The van der Waals surface area contributed by atoms with Gasteiger partial charge in [-0.1, -0.05) is 18.2 Å². The van der Waals surface area contributed by atoms with Crippen LogP contribution in [0.1, 0.15) is 22.8 Å². The predicted octanol–water partition coefficient (Wildman–Crippen LogP) is 2.94. The summed E-state index contributed by atoms with van der Waals surface area (Å²) in [5.41, 5.74) is 2.01. The lowest BCUT2D eigenvalue weighted by Gasteiger charge is -2.03. The summed E-state index contributed by atoms with van der Waals surface area (Å²) in [5.74, 6) is -0.290. The number of aromatic nitrogens is 1. The summed E-state index contributed by atoms with van der Waals surface area (Å²) in [7, 11) is 0. The van der Waals surface area contributed by atoms with E-state index in [1.165, 1.54) is 13.0 Å². The Labute approximate surface area is 117 Å². The topological polar surface area (TPSA) is 59.1 Å². The monoisotopic (exact) mass is 266 g/mol. The van der Waals surface area contributed by atoms with Crippen LogP contribution in [-0.2, 0) is 4.79 Å². The van der Waals surface area contributed by atoms with Gasteiger partial charge in [-0.3, -0.25) is 14.6 Å². The first-order valence-electron chi connectivity index (χ1n) is 6.15. The zero-order valence-corrected chi connectivity index (χ0v) is 11.0. The highest BCUT2D eigenvalue weighted by molar-refractivity contribution is 6.03. The first-order valence-corrected chi connectivity index (χ1v) is 6.15. The molecule has 1 aromatic carbocycles. The summed E-state index contributed by atoms with van der Waals surface area (Å²) in [5, 5.41) is 2.71. The van der Waals surface area contributed by atoms with Gasteiger partial charge in [-0.2, -0.15) is 0 Å². The molecule has 1 aromatic heterocycles. The lowest BCUT2D eigenvalue weighted by Crippen LogP contribution is -2.08. The van der Waals surface area contributed by atoms with Crippen LogP contribution in [0.4, 0.5) is 5.69 Å². The second-order valence-corrected chi connectivity index (χ2v) is 4.25. The minimum Gasteiger partial charge on any atom is -0.322 e. The number of carbonyl (C=O) groups excluding carboxylic acids is 2. The molecule has 20 heavy (non-hydrogen) atoms. The number of amides is 1. The van der Waals surface area contributed by atoms with Crippen LogP contribution in [0.15, 0.2) is 54.9 Å². The number of benzene rings is 1. The number of carbonyl (C=O) groups is 2. The smallest absolute Gasteiger partial charge is 0.248 e. The van der Waals surface area contributed by atoms with Gasteiger partial charge >= 0.3 is 0 Å². The molecule has 1 heterocycles. The molecule has 4 nitrogen and oxygen atoms in total. The van der Waals surface area contributed by atoms with E-state index in [9.17, 15) is 9.59 Å². The molecule has 0 spiro atoms. The van der Waals surface area contributed by atoms with E-state index < -0.39 is 0 Å². The van der Waals surface area contributed by atoms with Crippen molar-refractivity contribution in [1.82, 2.24) is 4.98 Å². The average Bonchev–Trinajstić information content (AvgIpc) is 2.46. The van der Waals surface area contributed by atoms with E-state index in [2.05, 4.69) is 10.3 Å². The van der Waals surface area contributed by atoms with E-state index in [1.807, 2.05) is 6.07 Å². The Morgan fingerprint density at radius 1 is 1.20 bits per heavy atom. The maximum atomic E-state index is 11.8. The first-order chi connectivity index (χ1) is 9.65. The standard InChI is InChI=1S/C16H14N2O2/c1-12(19)14-5-2-6-15(10-14)18-16(20)8-7-13-4-3-9-17-11-13/h2-11H,1H3,(H,18,20). The quantitative estimate of drug-likeness (QED) is 0.683. The number of hydrogen-bond donors (Lipinski definition) is 1. The molecular weight excluding hydrogens is 252 g/mol. The van der Waals surface area contributed by atoms with Crippen molar-refractivity contribution in [1.29, 1.82) is 0 Å². The fraction of sp³-hybridized carbons (Fsp3) is 0.0625. The fourth-order valence-electron chi connectivity index (χ4n) is 1.65. The van der Waals surface area contributed by atoms with Crippen molar-refractivity contribution >= 4 is 23.5 Å². The molecule has 0 aliphatic heterocycles. The molecule has 0 aliphatic carbocycles. The summed E-state index contributed by atoms with van der Waals surface area (Å²) in [6, 6.07) is 10.5. The first kappa shape index (κ1) is 13.7. The molecule has 100 valence electrons. The van der Waals surface area contributed by atoms with Crippen molar-refractivity contribution in [2.45, 2.75) is 6.92 Å². The van der Waals surface area contributed by atoms with Crippen molar-refractivity contribution in [2.24, 2.45) is 0 Å². The van der Waals surface area contributed by atoms with Gasteiger partial charge in [-0.15, -0.1) is 0 Å². The molecular formula is C16H14N2O2. The fourth-order valence-corrected chi connectivity index (χ4v) is 1.65. The minimum atomic E-state index is -0.255. The Balaban J connectivity index is 2.03. The summed E-state index contributed by atoms with van der Waals surface area (Å²) in [4.78, 5) is 27.0. The third-order valence-electron chi connectivity index (χ3n) is 2.65. The van der Waals surface area contributed by atoms with Crippen molar-refractivity contribution in [3.05, 3.63) is 66.0 Å². The molecule has 2 rings (SSSR count). The van der Waals surface area contributed by atoms with Gasteiger partial charge < -0.3 is 5.32 Å². The third-order valence-corrected chi connectivity index (χ3v) is 2.65. The highest BCUT2D eigenvalue weighted by atomic mass is 16.1. The summed E-state index contributed by atoms with van der Waals surface area (Å²) in [6.45, 7) is 1.49. The highest BCUT2D eigenvalue weighted by Crippen LogP contribution is 2.11. The Hall–Kier alpha value is -2.75. The van der Waals surface area contributed by atoms with Gasteiger partial charge in [0, 0.05) is 29.7 Å². The number of anilines is 1. The highest BCUT2D eigenvalue weighted by Gasteiger charge is 2.02. The molecule has 0 aliphatic rings. The molecule has 4 heteroatoms. The van der Waals surface area contributed by atoms with Crippen molar-refractivity contribution in [3.63, 3.8) is 0 Å². The van der Waals surface area contributed by atoms with Gasteiger partial charge in [0.2, 0.25) is 5.91 Å². The van der Waals surface area contributed by atoms with Crippen molar-refractivity contribution in [3.8, 4) is 0 Å². The molecule has 2 aromatic rings. The van der Waals surface area contributed by atoms with Crippen LogP contribution in [0.25, 0.3) is 6.08 Å². The van der Waals surface area contributed by atoms with Crippen LogP contribution in [0, 0.1) is 0 Å². The van der Waals surface area contributed by atoms with Crippen LogP contribution >= 0.6 is 0 Å². The van der Waals surface area contributed by atoms with E-state index in [0.717, 1.165) is 5.56 Å². The second-order valence-electron chi connectivity index (χ2n) is 4.25. The molecule has 0 bridgehead atoms. The lowest BCUT2D eigenvalue weighted by molar-refractivity contribution is -0.111. The van der Waals surface area contributed by atoms with Crippen LogP contribution < -0.4 is 5.32 Å². The van der Waals surface area contributed by atoms with E-state index >= 15 is 0 Å². The SMILES string of the molecule is CC(=O)c1cccc(NC(=O)C=Cc2cccnc2)c1. The maximum Gasteiger partial charge on any atom is 0.248 e. The zero-order valence-electron chi connectivity index (χ0n) is 11.0. The number of ketones is 1. The lowest BCUT2D eigenvalue weighted by atomic mass is 10.1. The van der Waals surface area contributed by atoms with Gasteiger partial charge in [0.15, 0.2) is 5.78 Å². The molecule has 0 atom stereocenters. The maximum absolute atomic E-state index is 11.8. The van der Waals surface area contributed by atoms with E-state index in [0.29, 0.717) is 11.3 Å². The number of Topliss-reactive ketones (excluding diaryl/α,β-unsaturated/α-hetero) is 1. The molecule has 0 saturated heterocycles. The van der Waals surface area contributed by atoms with Gasteiger partial charge in [-0.05, 0) is 36.8 Å². The van der Waals surface area contributed by atoms with Crippen molar-refractivity contribution in [2.75, 3.05) is 5.32 Å². The van der Waals surface area contributed by atoms with Crippen LogP contribution in [0.3, 0.4) is 0 Å². The predicted molar refractivity (Wildman–Crippen MR) is 78.3 cm³/mol. The third kappa shape index (κ3) is 3.88. The summed E-state index contributed by atoms with van der Waals surface area (Å²) in [6.07, 6.45) is 6.44. The molecule has 0 radical (unpaired) electrons. The number of hydrogen-bond acceptors (Lipinski definition) is 3. The number of nitrogens with one attached hydrogen (secondary N) is 1. The summed E-state index contributed by atoms with van der Waals surface area (Å²) < 4.78 is 0. The number of pyridine rings is 1. The van der Waals surface area contributed by atoms with Crippen LogP contribution in [-0.4, -0.2) is 16.7 Å².